The van der Waals surface area contributed by atoms with Crippen LogP contribution in [0.2, 0.25) is 0 Å². The molecule has 0 N–H and O–H groups in total. The molecule has 2 aromatic heterocycles. The molecule has 0 unspecified atom stereocenters. The number of fused-ring (bicyclic) bond motifs is 6. The number of rotatable bonds is 6. The molecule has 0 aliphatic heterocycles. The van der Waals surface area contributed by atoms with E-state index in [0.29, 0.717) is 0 Å². The molecule has 0 spiro atoms. The van der Waals surface area contributed by atoms with Crippen molar-refractivity contribution in [1.29, 1.82) is 0 Å². The highest BCUT2D eigenvalue weighted by molar-refractivity contribution is 7.26. The van der Waals surface area contributed by atoms with E-state index in [1.54, 1.807) is 0 Å². The van der Waals surface area contributed by atoms with Crippen LogP contribution in [-0.4, -0.2) is 0 Å². The van der Waals surface area contributed by atoms with Gasteiger partial charge in [-0.05, 0) is 88.0 Å². The number of thiophene rings is 2. The molecule has 0 radical (unpaired) electrons. The van der Waals surface area contributed by atoms with Gasteiger partial charge in [0.1, 0.15) is 0 Å². The minimum atomic E-state index is 1.12. The van der Waals surface area contributed by atoms with Crippen molar-refractivity contribution in [3.8, 4) is 33.4 Å². The predicted molar refractivity (Wildman–Crippen MR) is 223 cm³/mol. The van der Waals surface area contributed by atoms with Gasteiger partial charge in [-0.3, -0.25) is 0 Å². The SMILES string of the molecule is c1ccc(-c2ccc(N(c3ccc(-c4ccccc4)c(-c4ccc5sc6ccccc6c5c4)c3)c3cccc4c3sc3ccccc34)cc2)cc1. The van der Waals surface area contributed by atoms with E-state index in [9.17, 15) is 0 Å². The standard InChI is InChI=1S/C48H31NS2/c1-3-12-32(13-4-1)33-22-25-36(26-23-33)49(44-19-11-18-41-39-16-7-10-21-46(39)51-48(41)44)37-27-28-38(34-14-5-2-6-15-34)42(31-37)35-24-29-47-43(30-35)40-17-8-9-20-45(40)50-47/h1-31H. The molecule has 0 bridgehead atoms. The van der Waals surface area contributed by atoms with Crippen LogP contribution in [0, 0.1) is 0 Å². The van der Waals surface area contributed by atoms with E-state index >= 15 is 0 Å². The van der Waals surface area contributed by atoms with Gasteiger partial charge in [0.2, 0.25) is 0 Å². The summed E-state index contributed by atoms with van der Waals surface area (Å²) in [6.45, 7) is 0. The number of hydrogen-bond acceptors (Lipinski definition) is 3. The Morgan fingerprint density at radius 3 is 1.65 bits per heavy atom. The Hall–Kier alpha value is -6.00. The summed E-state index contributed by atoms with van der Waals surface area (Å²) in [5.41, 5.74) is 10.7. The monoisotopic (exact) mass is 685 g/mol. The zero-order valence-electron chi connectivity index (χ0n) is 27.7. The van der Waals surface area contributed by atoms with Crippen LogP contribution < -0.4 is 4.90 Å². The summed E-state index contributed by atoms with van der Waals surface area (Å²) in [5.74, 6) is 0. The molecule has 0 fully saturated rings. The van der Waals surface area contributed by atoms with Crippen LogP contribution in [0.3, 0.4) is 0 Å². The molecule has 0 aliphatic rings. The number of nitrogens with zero attached hydrogens (tertiary/aromatic N) is 1. The smallest absolute Gasteiger partial charge is 0.0640 e. The van der Waals surface area contributed by atoms with E-state index < -0.39 is 0 Å². The lowest BCUT2D eigenvalue weighted by Crippen LogP contribution is -2.10. The fourth-order valence-electron chi connectivity index (χ4n) is 7.44. The van der Waals surface area contributed by atoms with Gasteiger partial charge in [0, 0.05) is 47.0 Å². The molecule has 51 heavy (non-hydrogen) atoms. The molecule has 10 rings (SSSR count). The third kappa shape index (κ3) is 5.21. The minimum absolute atomic E-state index is 1.12. The van der Waals surface area contributed by atoms with Gasteiger partial charge in [-0.25, -0.2) is 0 Å². The number of anilines is 3. The minimum Gasteiger partial charge on any atom is -0.309 e. The van der Waals surface area contributed by atoms with E-state index in [-0.39, 0.29) is 0 Å². The molecular weight excluding hydrogens is 655 g/mol. The average Bonchev–Trinajstić information content (AvgIpc) is 3.78. The molecule has 0 aliphatic carbocycles. The Balaban J connectivity index is 1.21. The lowest BCUT2D eigenvalue weighted by Gasteiger charge is -2.27. The molecule has 2 heterocycles. The first-order valence-electron chi connectivity index (χ1n) is 17.3. The molecule has 10 aromatic rings. The van der Waals surface area contributed by atoms with Gasteiger partial charge in [-0.2, -0.15) is 0 Å². The molecule has 8 aromatic carbocycles. The Morgan fingerprint density at radius 2 is 0.882 bits per heavy atom. The summed E-state index contributed by atoms with van der Waals surface area (Å²) in [5, 5.41) is 5.21. The summed E-state index contributed by atoms with van der Waals surface area (Å²) in [6.07, 6.45) is 0. The van der Waals surface area contributed by atoms with Crippen molar-refractivity contribution >= 4 is 80.1 Å². The maximum atomic E-state index is 2.45. The first-order valence-corrected chi connectivity index (χ1v) is 18.9. The van der Waals surface area contributed by atoms with Crippen molar-refractivity contribution < 1.29 is 0 Å². The predicted octanol–water partition coefficient (Wildman–Crippen LogP) is 14.9. The quantitative estimate of drug-likeness (QED) is 0.168. The highest BCUT2D eigenvalue weighted by atomic mass is 32.1. The van der Waals surface area contributed by atoms with Gasteiger partial charge < -0.3 is 4.90 Å². The van der Waals surface area contributed by atoms with Crippen molar-refractivity contribution in [2.45, 2.75) is 0 Å². The number of benzene rings is 8. The highest BCUT2D eigenvalue weighted by Gasteiger charge is 2.20. The van der Waals surface area contributed by atoms with E-state index in [4.69, 9.17) is 0 Å². The molecule has 3 heteroatoms. The van der Waals surface area contributed by atoms with Gasteiger partial charge in [0.25, 0.3) is 0 Å². The molecule has 240 valence electrons. The average molecular weight is 686 g/mol. The third-order valence-corrected chi connectivity index (χ3v) is 12.3. The van der Waals surface area contributed by atoms with Crippen LogP contribution in [0.4, 0.5) is 17.1 Å². The van der Waals surface area contributed by atoms with Gasteiger partial charge >= 0.3 is 0 Å². The molecule has 0 saturated carbocycles. The summed E-state index contributed by atoms with van der Waals surface area (Å²) in [6, 6.07) is 68.7. The number of hydrogen-bond donors (Lipinski definition) is 0. The summed E-state index contributed by atoms with van der Waals surface area (Å²) < 4.78 is 5.22. The van der Waals surface area contributed by atoms with E-state index in [0.717, 1.165) is 11.4 Å². The zero-order valence-corrected chi connectivity index (χ0v) is 29.3. The van der Waals surface area contributed by atoms with Crippen LogP contribution in [0.1, 0.15) is 0 Å². The van der Waals surface area contributed by atoms with Crippen molar-refractivity contribution in [2.24, 2.45) is 0 Å². The van der Waals surface area contributed by atoms with E-state index in [1.807, 2.05) is 22.7 Å². The lowest BCUT2D eigenvalue weighted by molar-refractivity contribution is 1.30. The fourth-order valence-corrected chi connectivity index (χ4v) is 9.74. The van der Waals surface area contributed by atoms with E-state index in [1.165, 1.54) is 79.4 Å². The van der Waals surface area contributed by atoms with Crippen molar-refractivity contribution in [3.63, 3.8) is 0 Å². The Kier molecular flexibility index (Phi) is 7.26. The Bertz CT molecular complexity index is 2850. The van der Waals surface area contributed by atoms with Gasteiger partial charge in [0.05, 0.1) is 10.4 Å². The van der Waals surface area contributed by atoms with Crippen LogP contribution in [0.5, 0.6) is 0 Å². The second-order valence-corrected chi connectivity index (χ2v) is 15.0. The second-order valence-electron chi connectivity index (χ2n) is 12.9. The van der Waals surface area contributed by atoms with Gasteiger partial charge in [-0.15, -0.1) is 22.7 Å². The largest absolute Gasteiger partial charge is 0.309 e. The molecule has 0 atom stereocenters. The van der Waals surface area contributed by atoms with Crippen LogP contribution in [0.15, 0.2) is 188 Å². The van der Waals surface area contributed by atoms with Crippen LogP contribution in [-0.2, 0) is 0 Å². The molecule has 0 amide bonds. The second kappa shape index (κ2) is 12.4. The Morgan fingerprint density at radius 1 is 0.314 bits per heavy atom. The first-order chi connectivity index (χ1) is 25.3. The third-order valence-electron chi connectivity index (χ3n) is 9.89. The van der Waals surface area contributed by atoms with Crippen molar-refractivity contribution in [3.05, 3.63) is 188 Å². The molecular formula is C48H31NS2. The fraction of sp³-hybridized carbons (Fsp3) is 0. The van der Waals surface area contributed by atoms with Crippen molar-refractivity contribution in [1.82, 2.24) is 0 Å². The van der Waals surface area contributed by atoms with Gasteiger partial charge in [0.15, 0.2) is 0 Å². The Labute approximate surface area is 304 Å². The molecule has 0 saturated heterocycles. The summed E-state index contributed by atoms with van der Waals surface area (Å²) >= 11 is 3.73. The van der Waals surface area contributed by atoms with Gasteiger partial charge in [-0.1, -0.05) is 133 Å². The van der Waals surface area contributed by atoms with Crippen molar-refractivity contribution in [2.75, 3.05) is 4.90 Å². The zero-order chi connectivity index (χ0) is 33.7. The highest BCUT2D eigenvalue weighted by Crippen LogP contribution is 2.47. The van der Waals surface area contributed by atoms with E-state index in [2.05, 4.69) is 193 Å². The molecule has 1 nitrogen and oxygen atoms in total. The maximum Gasteiger partial charge on any atom is 0.0640 e. The summed E-state index contributed by atoms with van der Waals surface area (Å²) in [7, 11) is 0. The lowest BCUT2D eigenvalue weighted by atomic mass is 9.92. The summed E-state index contributed by atoms with van der Waals surface area (Å²) in [4.78, 5) is 2.45. The van der Waals surface area contributed by atoms with Crippen LogP contribution >= 0.6 is 22.7 Å². The normalized spacial score (nSPS) is 11.5. The topological polar surface area (TPSA) is 3.24 Å². The maximum absolute atomic E-state index is 2.45. The first kappa shape index (κ1) is 29.9. The van der Waals surface area contributed by atoms with Crippen LogP contribution in [0.25, 0.3) is 73.7 Å².